The number of aliphatic hydroxyl groups is 1. The quantitative estimate of drug-likeness (QED) is 0.801. The van der Waals surface area contributed by atoms with Crippen molar-refractivity contribution in [2.45, 2.75) is 32.9 Å². The zero-order valence-electron chi connectivity index (χ0n) is 11.3. The summed E-state index contributed by atoms with van der Waals surface area (Å²) < 4.78 is 0. The van der Waals surface area contributed by atoms with Crippen LogP contribution in [-0.2, 0) is 6.54 Å². The predicted molar refractivity (Wildman–Crippen MR) is 72.2 cm³/mol. The lowest BCUT2D eigenvalue weighted by Crippen LogP contribution is -2.38. The number of carbonyl (C=O) groups is 1. The van der Waals surface area contributed by atoms with Crippen molar-refractivity contribution >= 4 is 5.91 Å². The molecule has 4 heteroatoms. The fraction of sp³-hybridized carbons (Fsp3) is 0.500. The molecule has 0 radical (unpaired) electrons. The van der Waals surface area contributed by atoms with Crippen molar-refractivity contribution in [1.29, 1.82) is 0 Å². The second kappa shape index (κ2) is 5.98. The highest BCUT2D eigenvalue weighted by Crippen LogP contribution is 2.13. The minimum absolute atomic E-state index is 0.412. The molecule has 0 fully saturated rings. The van der Waals surface area contributed by atoms with E-state index in [1.807, 2.05) is 19.1 Å². The van der Waals surface area contributed by atoms with Gasteiger partial charge in [0.2, 0.25) is 5.91 Å². The molecule has 100 valence electrons. The van der Waals surface area contributed by atoms with Crippen LogP contribution in [0.5, 0.6) is 0 Å². The van der Waals surface area contributed by atoms with Crippen LogP contribution in [0.1, 0.15) is 36.7 Å². The Bertz CT molecular complexity index is 411. The molecule has 0 atom stereocenters. The molecule has 0 heterocycles. The summed E-state index contributed by atoms with van der Waals surface area (Å²) >= 11 is 0. The van der Waals surface area contributed by atoms with Gasteiger partial charge < -0.3 is 10.8 Å². The van der Waals surface area contributed by atoms with Gasteiger partial charge in [0.15, 0.2) is 0 Å². The number of benzene rings is 1. The third-order valence-electron chi connectivity index (χ3n) is 2.73. The summed E-state index contributed by atoms with van der Waals surface area (Å²) in [6, 6.07) is 7.32. The maximum absolute atomic E-state index is 11.3. The van der Waals surface area contributed by atoms with Gasteiger partial charge in [-0.3, -0.25) is 9.69 Å². The van der Waals surface area contributed by atoms with Crippen molar-refractivity contribution in [1.82, 2.24) is 4.90 Å². The first-order valence-electron chi connectivity index (χ1n) is 6.16. The van der Waals surface area contributed by atoms with Gasteiger partial charge in [0, 0.05) is 18.7 Å². The van der Waals surface area contributed by atoms with Crippen molar-refractivity contribution in [3.05, 3.63) is 35.4 Å². The zero-order chi connectivity index (χ0) is 13.8. The Balaban J connectivity index is 2.85. The van der Waals surface area contributed by atoms with Crippen LogP contribution in [0.15, 0.2) is 24.3 Å². The number of nitrogens with two attached hydrogens (primary N) is 1. The Morgan fingerprint density at radius 2 is 2.00 bits per heavy atom. The molecule has 0 aliphatic heterocycles. The molecule has 0 unspecified atom stereocenters. The third-order valence-corrected chi connectivity index (χ3v) is 2.73. The average molecular weight is 250 g/mol. The van der Waals surface area contributed by atoms with Crippen molar-refractivity contribution in [2.24, 2.45) is 5.73 Å². The minimum atomic E-state index is -0.752. The minimum Gasteiger partial charge on any atom is -0.389 e. The van der Waals surface area contributed by atoms with Crippen LogP contribution >= 0.6 is 0 Å². The van der Waals surface area contributed by atoms with E-state index in [9.17, 15) is 9.90 Å². The van der Waals surface area contributed by atoms with E-state index in [2.05, 4.69) is 4.90 Å². The van der Waals surface area contributed by atoms with Gasteiger partial charge in [0.05, 0.1) is 5.60 Å². The van der Waals surface area contributed by atoms with Crippen LogP contribution in [0.3, 0.4) is 0 Å². The number of hydrogen-bond acceptors (Lipinski definition) is 3. The van der Waals surface area contributed by atoms with Gasteiger partial charge in [-0.05, 0) is 32.0 Å². The summed E-state index contributed by atoms with van der Waals surface area (Å²) in [6.07, 6.45) is 0. The zero-order valence-corrected chi connectivity index (χ0v) is 11.3. The van der Waals surface area contributed by atoms with Crippen LogP contribution in [0.25, 0.3) is 0 Å². The molecule has 0 aromatic heterocycles. The molecule has 1 aromatic carbocycles. The van der Waals surface area contributed by atoms with Crippen LogP contribution in [0, 0.1) is 0 Å². The lowest BCUT2D eigenvalue weighted by molar-refractivity contribution is 0.0353. The second-order valence-electron chi connectivity index (χ2n) is 5.14. The van der Waals surface area contributed by atoms with Crippen LogP contribution in [-0.4, -0.2) is 34.6 Å². The molecule has 3 N–H and O–H groups in total. The lowest BCUT2D eigenvalue weighted by atomic mass is 10.0. The molecule has 1 amide bonds. The molecule has 0 aliphatic carbocycles. The number of nitrogens with zero attached hydrogens (tertiary/aromatic N) is 1. The highest BCUT2D eigenvalue weighted by atomic mass is 16.3. The summed E-state index contributed by atoms with van der Waals surface area (Å²) in [5.41, 5.74) is 6.05. The van der Waals surface area contributed by atoms with Crippen LogP contribution < -0.4 is 5.73 Å². The molecule has 0 saturated carbocycles. The molecule has 0 saturated heterocycles. The molecule has 1 aromatic rings. The summed E-state index contributed by atoms with van der Waals surface area (Å²) in [4.78, 5) is 13.4. The fourth-order valence-corrected chi connectivity index (χ4v) is 1.97. The summed E-state index contributed by atoms with van der Waals surface area (Å²) in [7, 11) is 0. The molecule has 18 heavy (non-hydrogen) atoms. The van der Waals surface area contributed by atoms with E-state index in [0.29, 0.717) is 18.7 Å². The number of rotatable bonds is 6. The van der Waals surface area contributed by atoms with E-state index in [4.69, 9.17) is 5.73 Å². The Hall–Kier alpha value is -1.39. The maximum atomic E-state index is 11.3. The number of likely N-dealkylation sites (N-methyl/N-ethyl adjacent to an activating group) is 1. The molecule has 0 spiro atoms. The van der Waals surface area contributed by atoms with Crippen molar-refractivity contribution < 1.29 is 9.90 Å². The van der Waals surface area contributed by atoms with Gasteiger partial charge in [-0.2, -0.15) is 0 Å². The van der Waals surface area contributed by atoms with E-state index in [1.54, 1.807) is 26.0 Å². The Kier molecular flexibility index (Phi) is 4.87. The molecule has 0 aliphatic rings. The molecular weight excluding hydrogens is 228 g/mol. The molecular formula is C14H22N2O2. The van der Waals surface area contributed by atoms with Crippen molar-refractivity contribution in [3.63, 3.8) is 0 Å². The Labute approximate surface area is 108 Å². The number of carbonyl (C=O) groups excluding carboxylic acids is 1. The first-order valence-corrected chi connectivity index (χ1v) is 6.16. The highest BCUT2D eigenvalue weighted by Gasteiger charge is 2.18. The lowest BCUT2D eigenvalue weighted by Gasteiger charge is -2.28. The number of hydrogen-bond donors (Lipinski definition) is 2. The SMILES string of the molecule is CCN(Cc1ccccc1C(N)=O)CC(C)(C)O. The maximum Gasteiger partial charge on any atom is 0.249 e. The van der Waals surface area contributed by atoms with E-state index >= 15 is 0 Å². The Morgan fingerprint density at radius 1 is 1.39 bits per heavy atom. The smallest absolute Gasteiger partial charge is 0.249 e. The average Bonchev–Trinajstić information content (AvgIpc) is 2.26. The highest BCUT2D eigenvalue weighted by molar-refractivity contribution is 5.94. The van der Waals surface area contributed by atoms with Gasteiger partial charge in [-0.15, -0.1) is 0 Å². The molecule has 4 nitrogen and oxygen atoms in total. The van der Waals surface area contributed by atoms with Gasteiger partial charge in [0.1, 0.15) is 0 Å². The van der Waals surface area contributed by atoms with Gasteiger partial charge >= 0.3 is 0 Å². The summed E-state index contributed by atoms with van der Waals surface area (Å²) in [6.45, 7) is 7.54. The molecule has 1 rings (SSSR count). The molecule has 0 bridgehead atoms. The van der Waals surface area contributed by atoms with E-state index in [0.717, 1.165) is 12.1 Å². The standard InChI is InChI=1S/C14H22N2O2/c1-4-16(10-14(2,3)18)9-11-7-5-6-8-12(11)13(15)17/h5-8,18H,4,9-10H2,1-3H3,(H2,15,17). The van der Waals surface area contributed by atoms with Crippen molar-refractivity contribution in [2.75, 3.05) is 13.1 Å². The number of primary amides is 1. The first-order chi connectivity index (χ1) is 8.33. The van der Waals surface area contributed by atoms with Crippen molar-refractivity contribution in [3.8, 4) is 0 Å². The normalized spacial score (nSPS) is 11.8. The number of amides is 1. The van der Waals surface area contributed by atoms with E-state index < -0.39 is 11.5 Å². The van der Waals surface area contributed by atoms with Gasteiger partial charge in [-0.25, -0.2) is 0 Å². The summed E-state index contributed by atoms with van der Waals surface area (Å²) in [5, 5.41) is 9.84. The summed E-state index contributed by atoms with van der Waals surface area (Å²) in [5.74, 6) is -0.412. The van der Waals surface area contributed by atoms with Gasteiger partial charge in [-0.1, -0.05) is 25.1 Å². The largest absolute Gasteiger partial charge is 0.389 e. The topological polar surface area (TPSA) is 66.6 Å². The monoisotopic (exact) mass is 250 g/mol. The van der Waals surface area contributed by atoms with Gasteiger partial charge in [0.25, 0.3) is 0 Å². The van der Waals surface area contributed by atoms with Crippen LogP contribution in [0.4, 0.5) is 0 Å². The fourth-order valence-electron chi connectivity index (χ4n) is 1.97. The third kappa shape index (κ3) is 4.47. The predicted octanol–water partition coefficient (Wildman–Crippen LogP) is 1.38. The second-order valence-corrected chi connectivity index (χ2v) is 5.14. The van der Waals surface area contributed by atoms with E-state index in [1.165, 1.54) is 0 Å². The van der Waals surface area contributed by atoms with E-state index in [-0.39, 0.29) is 0 Å². The first kappa shape index (κ1) is 14.7. The Morgan fingerprint density at radius 3 is 2.50 bits per heavy atom. The van der Waals surface area contributed by atoms with Crippen LogP contribution in [0.2, 0.25) is 0 Å².